The third-order valence-corrected chi connectivity index (χ3v) is 3.38. The number of nitrogen functional groups attached to an aromatic ring is 1. The van der Waals surface area contributed by atoms with Crippen LogP contribution in [0.3, 0.4) is 0 Å². The third kappa shape index (κ3) is 3.65. The van der Waals surface area contributed by atoms with E-state index in [1.807, 2.05) is 42.5 Å². The zero-order valence-corrected chi connectivity index (χ0v) is 12.0. The topological polar surface area (TPSA) is 35.2 Å². The number of hydrogen-bond donors (Lipinski definition) is 1. The second-order valence-electron chi connectivity index (χ2n) is 3.91. The highest BCUT2D eigenvalue weighted by molar-refractivity contribution is 9.10. The molecule has 0 heterocycles. The van der Waals surface area contributed by atoms with E-state index in [4.69, 9.17) is 22.1 Å². The van der Waals surface area contributed by atoms with Gasteiger partial charge in [0.1, 0.15) is 5.75 Å². The molecule has 0 unspecified atom stereocenters. The van der Waals surface area contributed by atoms with Crippen LogP contribution in [0.2, 0.25) is 5.02 Å². The lowest BCUT2D eigenvalue weighted by Crippen LogP contribution is -2.01. The molecule has 0 bridgehead atoms. The highest BCUT2D eigenvalue weighted by Gasteiger charge is 2.02. The quantitative estimate of drug-likeness (QED) is 0.850. The number of ether oxygens (including phenoxy) is 1. The Bertz CT molecular complexity index is 528. The first-order valence-electron chi connectivity index (χ1n) is 5.57. The minimum atomic E-state index is 0.615. The van der Waals surface area contributed by atoms with Crippen molar-refractivity contribution in [3.8, 4) is 5.75 Å². The van der Waals surface area contributed by atoms with Gasteiger partial charge in [0.15, 0.2) is 0 Å². The lowest BCUT2D eigenvalue weighted by atomic mass is 10.1. The molecule has 2 nitrogen and oxygen atoms in total. The summed E-state index contributed by atoms with van der Waals surface area (Å²) in [5.41, 5.74) is 7.61. The van der Waals surface area contributed by atoms with Crippen LogP contribution in [0.25, 0.3) is 0 Å². The predicted molar refractivity (Wildman–Crippen MR) is 79.2 cm³/mol. The Morgan fingerprint density at radius 2 is 1.83 bits per heavy atom. The van der Waals surface area contributed by atoms with E-state index in [9.17, 15) is 0 Å². The Balaban J connectivity index is 1.90. The van der Waals surface area contributed by atoms with Crippen LogP contribution in [-0.2, 0) is 6.42 Å². The fraction of sp³-hybridized carbons (Fsp3) is 0.143. The van der Waals surface area contributed by atoms with E-state index in [-0.39, 0.29) is 0 Å². The Labute approximate surface area is 120 Å². The van der Waals surface area contributed by atoms with Crippen molar-refractivity contribution >= 4 is 33.2 Å². The second kappa shape index (κ2) is 6.12. The molecule has 2 aromatic carbocycles. The number of halogens is 2. The molecule has 4 heteroatoms. The molecular formula is C14H13BrClNO. The van der Waals surface area contributed by atoms with Gasteiger partial charge in [0, 0.05) is 17.1 Å². The van der Waals surface area contributed by atoms with Crippen LogP contribution in [0.1, 0.15) is 5.56 Å². The Morgan fingerprint density at radius 1 is 1.11 bits per heavy atom. The molecule has 0 spiro atoms. The Hall–Kier alpha value is -1.19. The van der Waals surface area contributed by atoms with Gasteiger partial charge < -0.3 is 10.5 Å². The van der Waals surface area contributed by atoms with Gasteiger partial charge in [0.25, 0.3) is 0 Å². The molecule has 0 fully saturated rings. The second-order valence-corrected chi connectivity index (χ2v) is 5.21. The molecule has 0 saturated heterocycles. The molecule has 0 aliphatic carbocycles. The van der Waals surface area contributed by atoms with Crippen molar-refractivity contribution in [2.45, 2.75) is 6.42 Å². The van der Waals surface area contributed by atoms with E-state index in [1.165, 1.54) is 5.56 Å². The zero-order chi connectivity index (χ0) is 13.0. The summed E-state index contributed by atoms with van der Waals surface area (Å²) in [5, 5.41) is 0.688. The van der Waals surface area contributed by atoms with Gasteiger partial charge in [-0.3, -0.25) is 0 Å². The van der Waals surface area contributed by atoms with Crippen molar-refractivity contribution in [3.63, 3.8) is 0 Å². The largest absolute Gasteiger partial charge is 0.492 e. The van der Waals surface area contributed by atoms with E-state index in [1.54, 1.807) is 0 Å². The fourth-order valence-electron chi connectivity index (χ4n) is 1.56. The van der Waals surface area contributed by atoms with E-state index < -0.39 is 0 Å². The van der Waals surface area contributed by atoms with Gasteiger partial charge in [0.2, 0.25) is 0 Å². The van der Waals surface area contributed by atoms with Crippen molar-refractivity contribution < 1.29 is 4.74 Å². The Kier molecular flexibility index (Phi) is 4.50. The van der Waals surface area contributed by atoms with Crippen LogP contribution in [0.5, 0.6) is 5.75 Å². The van der Waals surface area contributed by atoms with Crippen molar-refractivity contribution in [1.29, 1.82) is 0 Å². The van der Waals surface area contributed by atoms with Crippen molar-refractivity contribution in [1.82, 2.24) is 0 Å². The number of rotatable bonds is 4. The minimum Gasteiger partial charge on any atom is -0.492 e. The number of nitrogens with two attached hydrogens (primary N) is 1. The molecule has 94 valence electrons. The maximum Gasteiger partial charge on any atom is 0.133 e. The highest BCUT2D eigenvalue weighted by Crippen LogP contribution is 2.28. The summed E-state index contributed by atoms with van der Waals surface area (Å²) in [5.74, 6) is 0.801. The first-order chi connectivity index (χ1) is 8.65. The normalized spacial score (nSPS) is 10.3. The summed E-state index contributed by atoms with van der Waals surface area (Å²) >= 11 is 9.28. The number of anilines is 1. The summed E-state index contributed by atoms with van der Waals surface area (Å²) in [6.07, 6.45) is 0.843. The standard InChI is InChI=1S/C14H13BrClNO/c15-13-9-11(16)3-6-14(13)18-8-7-10-1-4-12(17)5-2-10/h1-6,9H,7-8,17H2. The van der Waals surface area contributed by atoms with Gasteiger partial charge in [-0.05, 0) is 51.8 Å². The number of hydrogen-bond acceptors (Lipinski definition) is 2. The predicted octanol–water partition coefficient (Wildman–Crippen LogP) is 4.31. The molecule has 0 atom stereocenters. The first-order valence-corrected chi connectivity index (χ1v) is 6.74. The smallest absolute Gasteiger partial charge is 0.133 e. The maximum atomic E-state index is 5.86. The monoisotopic (exact) mass is 325 g/mol. The summed E-state index contributed by atoms with van der Waals surface area (Å²) in [4.78, 5) is 0. The third-order valence-electron chi connectivity index (χ3n) is 2.52. The SMILES string of the molecule is Nc1ccc(CCOc2ccc(Cl)cc2Br)cc1. The molecule has 0 aromatic heterocycles. The average Bonchev–Trinajstić information content (AvgIpc) is 2.34. The summed E-state index contributed by atoms with van der Waals surface area (Å²) in [6.45, 7) is 0.615. The number of benzene rings is 2. The average molecular weight is 327 g/mol. The summed E-state index contributed by atoms with van der Waals surface area (Å²) < 4.78 is 6.56. The molecule has 0 aliphatic rings. The van der Waals surface area contributed by atoms with Crippen molar-refractivity contribution in [3.05, 3.63) is 57.5 Å². The van der Waals surface area contributed by atoms with Crippen LogP contribution in [-0.4, -0.2) is 6.61 Å². The fourth-order valence-corrected chi connectivity index (χ4v) is 2.35. The van der Waals surface area contributed by atoms with Crippen molar-refractivity contribution in [2.24, 2.45) is 0 Å². The van der Waals surface area contributed by atoms with Crippen LogP contribution in [0, 0.1) is 0 Å². The lowest BCUT2D eigenvalue weighted by molar-refractivity contribution is 0.320. The Morgan fingerprint density at radius 3 is 2.50 bits per heavy atom. The molecule has 2 N–H and O–H groups in total. The van der Waals surface area contributed by atoms with E-state index in [0.717, 1.165) is 22.3 Å². The molecular weight excluding hydrogens is 314 g/mol. The molecule has 0 saturated carbocycles. The maximum absolute atomic E-state index is 5.86. The lowest BCUT2D eigenvalue weighted by Gasteiger charge is -2.08. The van der Waals surface area contributed by atoms with Crippen LogP contribution in [0.15, 0.2) is 46.9 Å². The molecule has 2 rings (SSSR count). The molecule has 0 amide bonds. The molecule has 18 heavy (non-hydrogen) atoms. The van der Waals surface area contributed by atoms with Gasteiger partial charge in [-0.15, -0.1) is 0 Å². The van der Waals surface area contributed by atoms with Crippen LogP contribution < -0.4 is 10.5 Å². The van der Waals surface area contributed by atoms with E-state index >= 15 is 0 Å². The van der Waals surface area contributed by atoms with Gasteiger partial charge >= 0.3 is 0 Å². The van der Waals surface area contributed by atoms with Gasteiger partial charge in [-0.25, -0.2) is 0 Å². The van der Waals surface area contributed by atoms with Gasteiger partial charge in [-0.2, -0.15) is 0 Å². The zero-order valence-electron chi connectivity index (χ0n) is 9.70. The van der Waals surface area contributed by atoms with Gasteiger partial charge in [-0.1, -0.05) is 23.7 Å². The minimum absolute atomic E-state index is 0.615. The molecule has 0 aliphatic heterocycles. The van der Waals surface area contributed by atoms with E-state index in [2.05, 4.69) is 15.9 Å². The summed E-state index contributed by atoms with van der Waals surface area (Å²) in [7, 11) is 0. The summed E-state index contributed by atoms with van der Waals surface area (Å²) in [6, 6.07) is 13.3. The molecule has 0 radical (unpaired) electrons. The van der Waals surface area contributed by atoms with Crippen LogP contribution in [0.4, 0.5) is 5.69 Å². The van der Waals surface area contributed by atoms with Gasteiger partial charge in [0.05, 0.1) is 11.1 Å². The van der Waals surface area contributed by atoms with Crippen molar-refractivity contribution in [2.75, 3.05) is 12.3 Å². The molecule has 2 aromatic rings. The first kappa shape index (κ1) is 13.2. The highest BCUT2D eigenvalue weighted by atomic mass is 79.9. The van der Waals surface area contributed by atoms with E-state index in [0.29, 0.717) is 11.6 Å². The van der Waals surface area contributed by atoms with Crippen LogP contribution >= 0.6 is 27.5 Å².